The maximum atomic E-state index is 5.99. The SMILES string of the molecule is Cc1cc(-c2ccc(Cl)cc2)cc(-c2ccc(Br)cc2)[n+]1C.[I-]. The van der Waals surface area contributed by atoms with Crippen LogP contribution in [0, 0.1) is 6.92 Å². The van der Waals surface area contributed by atoms with Crippen LogP contribution in [0.1, 0.15) is 5.69 Å². The number of pyridine rings is 1. The van der Waals surface area contributed by atoms with Gasteiger partial charge in [-0.3, -0.25) is 0 Å². The molecule has 0 N–H and O–H groups in total. The van der Waals surface area contributed by atoms with Crippen molar-refractivity contribution in [1.29, 1.82) is 0 Å². The van der Waals surface area contributed by atoms with E-state index in [1.165, 1.54) is 28.1 Å². The Kier molecular flexibility index (Phi) is 6.23. The molecule has 1 nitrogen and oxygen atoms in total. The predicted molar refractivity (Wildman–Crippen MR) is 95.9 cm³/mol. The predicted octanol–water partition coefficient (Wildman–Crippen LogP) is 2.57. The maximum absolute atomic E-state index is 5.99. The largest absolute Gasteiger partial charge is 1.00 e. The van der Waals surface area contributed by atoms with Crippen LogP contribution in [0.2, 0.25) is 5.02 Å². The number of halogens is 3. The highest BCUT2D eigenvalue weighted by Gasteiger charge is 2.15. The van der Waals surface area contributed by atoms with Gasteiger partial charge in [-0.2, -0.15) is 4.57 Å². The van der Waals surface area contributed by atoms with Crippen molar-refractivity contribution in [2.45, 2.75) is 6.92 Å². The molecule has 4 heteroatoms. The number of rotatable bonds is 2. The van der Waals surface area contributed by atoms with Gasteiger partial charge in [-0.05, 0) is 47.5 Å². The van der Waals surface area contributed by atoms with E-state index in [1.807, 2.05) is 12.1 Å². The molecule has 0 aliphatic rings. The van der Waals surface area contributed by atoms with E-state index in [2.05, 4.69) is 83.0 Å². The first-order valence-electron chi connectivity index (χ1n) is 7.07. The fraction of sp³-hybridized carbons (Fsp3) is 0.105. The Morgan fingerprint density at radius 1 is 0.826 bits per heavy atom. The van der Waals surface area contributed by atoms with Crippen molar-refractivity contribution in [3.05, 3.63) is 75.9 Å². The Balaban J connectivity index is 0.00000192. The molecule has 0 fully saturated rings. The third kappa shape index (κ3) is 4.14. The van der Waals surface area contributed by atoms with Crippen molar-refractivity contribution in [3.8, 4) is 22.4 Å². The lowest BCUT2D eigenvalue weighted by Crippen LogP contribution is -3.00. The van der Waals surface area contributed by atoms with E-state index in [9.17, 15) is 0 Å². The maximum Gasteiger partial charge on any atom is 0.213 e. The average Bonchev–Trinajstić information content (AvgIpc) is 2.52. The highest BCUT2D eigenvalue weighted by atomic mass is 127. The van der Waals surface area contributed by atoms with Crippen molar-refractivity contribution < 1.29 is 28.5 Å². The zero-order valence-electron chi connectivity index (χ0n) is 12.9. The Morgan fingerprint density at radius 3 is 2.00 bits per heavy atom. The molecule has 0 aliphatic heterocycles. The Labute approximate surface area is 167 Å². The van der Waals surface area contributed by atoms with Crippen molar-refractivity contribution in [3.63, 3.8) is 0 Å². The summed E-state index contributed by atoms with van der Waals surface area (Å²) in [4.78, 5) is 0. The summed E-state index contributed by atoms with van der Waals surface area (Å²) in [6.07, 6.45) is 0. The van der Waals surface area contributed by atoms with Crippen LogP contribution in [0.25, 0.3) is 22.4 Å². The molecule has 0 atom stereocenters. The van der Waals surface area contributed by atoms with E-state index in [-0.39, 0.29) is 24.0 Å². The van der Waals surface area contributed by atoms with Crippen molar-refractivity contribution >= 4 is 27.5 Å². The molecule has 118 valence electrons. The van der Waals surface area contributed by atoms with Gasteiger partial charge in [-0.15, -0.1) is 0 Å². The number of hydrogen-bond acceptors (Lipinski definition) is 0. The van der Waals surface area contributed by atoms with Gasteiger partial charge in [-0.25, -0.2) is 0 Å². The number of hydrogen-bond donors (Lipinski definition) is 0. The van der Waals surface area contributed by atoms with Gasteiger partial charge in [0.15, 0.2) is 5.69 Å². The van der Waals surface area contributed by atoms with Gasteiger partial charge in [0.25, 0.3) is 0 Å². The Morgan fingerprint density at radius 2 is 1.39 bits per heavy atom. The smallest absolute Gasteiger partial charge is 0.213 e. The first-order chi connectivity index (χ1) is 10.5. The lowest BCUT2D eigenvalue weighted by molar-refractivity contribution is -0.666. The van der Waals surface area contributed by atoms with Crippen LogP contribution in [0.4, 0.5) is 0 Å². The van der Waals surface area contributed by atoms with E-state index < -0.39 is 0 Å². The molecule has 3 aromatic rings. The Hall–Kier alpha value is -0.910. The van der Waals surface area contributed by atoms with Crippen LogP contribution in [-0.4, -0.2) is 0 Å². The fourth-order valence-corrected chi connectivity index (χ4v) is 2.89. The summed E-state index contributed by atoms with van der Waals surface area (Å²) in [5, 5.41) is 0.759. The third-order valence-electron chi connectivity index (χ3n) is 3.86. The minimum atomic E-state index is 0. The summed E-state index contributed by atoms with van der Waals surface area (Å²) in [5.74, 6) is 0. The molecular weight excluding hydrogens is 484 g/mol. The third-order valence-corrected chi connectivity index (χ3v) is 4.65. The molecule has 0 bridgehead atoms. The molecule has 0 unspecified atom stereocenters. The lowest BCUT2D eigenvalue weighted by Gasteiger charge is -2.08. The zero-order chi connectivity index (χ0) is 15.7. The summed E-state index contributed by atoms with van der Waals surface area (Å²) < 4.78 is 3.30. The minimum absolute atomic E-state index is 0. The molecule has 23 heavy (non-hydrogen) atoms. The van der Waals surface area contributed by atoms with Crippen LogP contribution in [-0.2, 0) is 7.05 Å². The van der Waals surface area contributed by atoms with Crippen LogP contribution >= 0.6 is 27.5 Å². The second kappa shape index (κ2) is 7.77. The second-order valence-electron chi connectivity index (χ2n) is 5.34. The number of aromatic nitrogens is 1. The summed E-state index contributed by atoms with van der Waals surface area (Å²) in [7, 11) is 2.10. The van der Waals surface area contributed by atoms with Crippen molar-refractivity contribution in [2.75, 3.05) is 0 Å². The lowest BCUT2D eigenvalue weighted by atomic mass is 10.0. The Bertz CT molecular complexity index is 814. The summed E-state index contributed by atoms with van der Waals surface area (Å²) in [6.45, 7) is 2.13. The summed E-state index contributed by atoms with van der Waals surface area (Å²) in [6, 6.07) is 20.8. The van der Waals surface area contributed by atoms with Gasteiger partial charge >= 0.3 is 0 Å². The molecule has 0 aliphatic carbocycles. The van der Waals surface area contributed by atoms with E-state index in [0.29, 0.717) is 0 Å². The molecule has 2 aromatic carbocycles. The molecule has 0 radical (unpaired) electrons. The number of benzene rings is 2. The fourth-order valence-electron chi connectivity index (χ4n) is 2.50. The number of nitrogens with zero attached hydrogens (tertiary/aromatic N) is 1. The van der Waals surface area contributed by atoms with Crippen LogP contribution < -0.4 is 28.5 Å². The first kappa shape index (κ1) is 18.4. The highest BCUT2D eigenvalue weighted by molar-refractivity contribution is 9.10. The van der Waals surface area contributed by atoms with E-state index in [1.54, 1.807) is 0 Å². The van der Waals surface area contributed by atoms with Crippen molar-refractivity contribution in [1.82, 2.24) is 0 Å². The molecule has 0 saturated heterocycles. The van der Waals surface area contributed by atoms with E-state index >= 15 is 0 Å². The summed E-state index contributed by atoms with van der Waals surface area (Å²) in [5.41, 5.74) is 5.98. The van der Waals surface area contributed by atoms with E-state index in [0.717, 1.165) is 9.50 Å². The molecule has 0 spiro atoms. The van der Waals surface area contributed by atoms with Gasteiger partial charge in [-0.1, -0.05) is 39.7 Å². The van der Waals surface area contributed by atoms with Gasteiger partial charge in [0.05, 0.1) is 0 Å². The normalized spacial score (nSPS) is 10.3. The van der Waals surface area contributed by atoms with Crippen molar-refractivity contribution in [2.24, 2.45) is 7.05 Å². The van der Waals surface area contributed by atoms with Gasteiger partial charge < -0.3 is 24.0 Å². The molecule has 1 heterocycles. The molecule has 0 amide bonds. The topological polar surface area (TPSA) is 3.88 Å². The van der Waals surface area contributed by atoms with Gasteiger partial charge in [0.2, 0.25) is 5.69 Å². The van der Waals surface area contributed by atoms with Crippen LogP contribution in [0.5, 0.6) is 0 Å². The monoisotopic (exact) mass is 499 g/mol. The standard InChI is InChI=1S/C19H16BrClN.HI/c1-13-11-16(14-5-9-18(21)10-6-14)12-19(22(13)2)15-3-7-17(20)8-4-15;/h3-12H,1-2H3;1H/q+1;/p-1. The summed E-state index contributed by atoms with van der Waals surface area (Å²) >= 11 is 9.48. The highest BCUT2D eigenvalue weighted by Crippen LogP contribution is 2.26. The molecule has 0 saturated carbocycles. The molecule has 3 rings (SSSR count). The molecular formula is C19H16BrClIN. The molecule has 1 aromatic heterocycles. The van der Waals surface area contributed by atoms with Gasteiger partial charge in [0.1, 0.15) is 7.05 Å². The average molecular weight is 501 g/mol. The zero-order valence-corrected chi connectivity index (χ0v) is 17.4. The second-order valence-corrected chi connectivity index (χ2v) is 6.70. The number of aryl methyl sites for hydroxylation is 1. The van der Waals surface area contributed by atoms with Gasteiger partial charge in [0, 0.05) is 34.1 Å². The van der Waals surface area contributed by atoms with E-state index in [4.69, 9.17) is 11.6 Å². The first-order valence-corrected chi connectivity index (χ1v) is 8.24. The van der Waals surface area contributed by atoms with Crippen LogP contribution in [0.3, 0.4) is 0 Å². The minimum Gasteiger partial charge on any atom is -1.00 e. The quantitative estimate of drug-likeness (QED) is 0.376. The van der Waals surface area contributed by atoms with Crippen LogP contribution in [0.15, 0.2) is 65.1 Å².